The van der Waals surface area contributed by atoms with Crippen LogP contribution in [0.3, 0.4) is 0 Å². The van der Waals surface area contributed by atoms with Gasteiger partial charge in [-0.05, 0) is 57.1 Å². The Labute approximate surface area is 168 Å². The van der Waals surface area contributed by atoms with Crippen molar-refractivity contribution >= 4 is 6.09 Å². The fourth-order valence-electron chi connectivity index (χ4n) is 5.43. The van der Waals surface area contributed by atoms with Gasteiger partial charge in [0.15, 0.2) is 0 Å². The van der Waals surface area contributed by atoms with E-state index >= 15 is 0 Å². The molecule has 3 aliphatic rings. The van der Waals surface area contributed by atoms with Gasteiger partial charge in [0.1, 0.15) is 6.61 Å². The van der Waals surface area contributed by atoms with Gasteiger partial charge in [-0.3, -0.25) is 0 Å². The second kappa shape index (κ2) is 8.83. The van der Waals surface area contributed by atoms with Gasteiger partial charge in [0.05, 0.1) is 5.60 Å². The van der Waals surface area contributed by atoms with Crippen LogP contribution in [0.15, 0.2) is 30.3 Å². The molecule has 154 valence electrons. The lowest BCUT2D eigenvalue weighted by Gasteiger charge is -2.43. The third kappa shape index (κ3) is 4.69. The van der Waals surface area contributed by atoms with Gasteiger partial charge in [0, 0.05) is 18.1 Å². The Kier molecular flexibility index (Phi) is 6.22. The first-order valence-electron chi connectivity index (χ1n) is 11.1. The van der Waals surface area contributed by atoms with Crippen LogP contribution >= 0.6 is 0 Å². The molecule has 0 radical (unpaired) electrons. The average Bonchev–Trinajstić information content (AvgIpc) is 3.00. The van der Waals surface area contributed by atoms with Crippen LogP contribution in [0.5, 0.6) is 0 Å². The predicted molar refractivity (Wildman–Crippen MR) is 109 cm³/mol. The highest BCUT2D eigenvalue weighted by molar-refractivity contribution is 5.69. The maximum Gasteiger partial charge on any atom is 0.410 e. The molecule has 2 N–H and O–H groups in total. The largest absolute Gasteiger partial charge is 0.445 e. The van der Waals surface area contributed by atoms with Crippen molar-refractivity contribution in [2.24, 2.45) is 0 Å². The Morgan fingerprint density at radius 3 is 2.43 bits per heavy atom. The van der Waals surface area contributed by atoms with Crippen LogP contribution in [-0.4, -0.2) is 46.4 Å². The number of aliphatic hydroxyl groups is 1. The lowest BCUT2D eigenvalue weighted by molar-refractivity contribution is -0.0539. The monoisotopic (exact) mass is 386 g/mol. The number of rotatable bonds is 6. The number of benzene rings is 1. The number of piperidine rings is 1. The van der Waals surface area contributed by atoms with Crippen LogP contribution in [0.4, 0.5) is 4.79 Å². The fourth-order valence-corrected chi connectivity index (χ4v) is 5.43. The number of hydrogen-bond acceptors (Lipinski definition) is 4. The molecule has 3 fully saturated rings. The summed E-state index contributed by atoms with van der Waals surface area (Å²) in [6, 6.07) is 10.7. The van der Waals surface area contributed by atoms with Crippen molar-refractivity contribution in [2.75, 3.05) is 6.54 Å². The zero-order valence-corrected chi connectivity index (χ0v) is 16.8. The van der Waals surface area contributed by atoms with E-state index in [0.717, 1.165) is 31.4 Å². The second-order valence-electron chi connectivity index (χ2n) is 9.00. The minimum atomic E-state index is -0.649. The van der Waals surface area contributed by atoms with E-state index in [1.807, 2.05) is 35.2 Å². The van der Waals surface area contributed by atoms with Crippen molar-refractivity contribution in [3.05, 3.63) is 35.9 Å². The van der Waals surface area contributed by atoms with E-state index in [4.69, 9.17) is 4.74 Å². The summed E-state index contributed by atoms with van der Waals surface area (Å²) in [6.07, 6.45) is 10.4. The second-order valence-corrected chi connectivity index (χ2v) is 9.00. The molecular weight excluding hydrogens is 352 g/mol. The number of ether oxygens (including phenoxy) is 1. The van der Waals surface area contributed by atoms with E-state index in [1.54, 1.807) is 0 Å². The first kappa shape index (κ1) is 19.7. The summed E-state index contributed by atoms with van der Waals surface area (Å²) in [5.74, 6) is 0. The number of hydrogen-bond donors (Lipinski definition) is 2. The minimum Gasteiger partial charge on any atom is -0.445 e. The maximum atomic E-state index is 12.7. The molecule has 2 saturated heterocycles. The molecule has 1 aliphatic carbocycles. The fraction of sp³-hybridized carbons (Fsp3) is 0.696. The van der Waals surface area contributed by atoms with E-state index in [2.05, 4.69) is 5.32 Å². The van der Waals surface area contributed by atoms with E-state index in [1.165, 1.54) is 32.1 Å². The summed E-state index contributed by atoms with van der Waals surface area (Å²) in [6.45, 7) is 1.18. The number of fused-ring (bicyclic) bond motifs is 2. The van der Waals surface area contributed by atoms with E-state index in [-0.39, 0.29) is 18.2 Å². The Balaban J connectivity index is 1.26. The molecule has 2 unspecified atom stereocenters. The lowest BCUT2D eigenvalue weighted by atomic mass is 9.83. The van der Waals surface area contributed by atoms with Crippen LogP contribution in [-0.2, 0) is 11.3 Å². The van der Waals surface area contributed by atoms with Crippen molar-refractivity contribution in [2.45, 2.75) is 94.5 Å². The summed E-state index contributed by atoms with van der Waals surface area (Å²) in [5, 5.41) is 14.8. The Morgan fingerprint density at radius 1 is 1.07 bits per heavy atom. The molecule has 1 aromatic rings. The molecule has 0 aromatic heterocycles. The minimum absolute atomic E-state index is 0.113. The van der Waals surface area contributed by atoms with Crippen molar-refractivity contribution in [3.63, 3.8) is 0 Å². The Morgan fingerprint density at radius 2 is 1.75 bits per heavy atom. The van der Waals surface area contributed by atoms with E-state index in [0.29, 0.717) is 25.5 Å². The third-order valence-electron chi connectivity index (χ3n) is 6.90. The highest BCUT2D eigenvalue weighted by Crippen LogP contribution is 2.42. The zero-order valence-electron chi connectivity index (χ0n) is 16.8. The first-order valence-corrected chi connectivity index (χ1v) is 11.1. The molecule has 2 atom stereocenters. The molecule has 4 rings (SSSR count). The summed E-state index contributed by atoms with van der Waals surface area (Å²) in [4.78, 5) is 14.6. The van der Waals surface area contributed by atoms with Gasteiger partial charge < -0.3 is 20.1 Å². The highest BCUT2D eigenvalue weighted by atomic mass is 16.6. The summed E-state index contributed by atoms with van der Waals surface area (Å²) >= 11 is 0. The van der Waals surface area contributed by atoms with Gasteiger partial charge >= 0.3 is 6.09 Å². The van der Waals surface area contributed by atoms with Crippen LogP contribution in [0, 0.1) is 0 Å². The van der Waals surface area contributed by atoms with Crippen LogP contribution < -0.4 is 5.32 Å². The molecule has 5 nitrogen and oxygen atoms in total. The van der Waals surface area contributed by atoms with Gasteiger partial charge in [-0.15, -0.1) is 0 Å². The molecular formula is C23H34N2O3. The number of nitrogens with one attached hydrogen (secondary N) is 1. The van der Waals surface area contributed by atoms with Crippen LogP contribution in [0.1, 0.15) is 69.8 Å². The molecule has 5 heteroatoms. The van der Waals surface area contributed by atoms with Crippen molar-refractivity contribution in [3.8, 4) is 0 Å². The zero-order chi connectivity index (χ0) is 19.4. The normalized spacial score (nSPS) is 30.4. The highest BCUT2D eigenvalue weighted by Gasteiger charge is 2.49. The first-order chi connectivity index (χ1) is 13.6. The maximum absolute atomic E-state index is 12.7. The lowest BCUT2D eigenvalue weighted by Crippen LogP contribution is -2.54. The quantitative estimate of drug-likeness (QED) is 0.776. The van der Waals surface area contributed by atoms with Crippen LogP contribution in [0.2, 0.25) is 0 Å². The third-order valence-corrected chi connectivity index (χ3v) is 6.90. The molecule has 2 heterocycles. The number of amides is 1. The van der Waals surface area contributed by atoms with Gasteiger partial charge in [-0.2, -0.15) is 0 Å². The van der Waals surface area contributed by atoms with Gasteiger partial charge in [-0.25, -0.2) is 4.79 Å². The average molecular weight is 387 g/mol. The molecule has 1 aromatic carbocycles. The summed E-state index contributed by atoms with van der Waals surface area (Å²) in [5.41, 5.74) is 0.356. The van der Waals surface area contributed by atoms with Crippen molar-refractivity contribution < 1.29 is 14.6 Å². The molecule has 2 aliphatic heterocycles. The topological polar surface area (TPSA) is 61.8 Å². The van der Waals surface area contributed by atoms with Crippen molar-refractivity contribution in [1.82, 2.24) is 10.2 Å². The number of carbonyl (C=O) groups is 1. The number of carbonyl (C=O) groups excluding carboxylic acids is 1. The molecule has 1 amide bonds. The SMILES string of the molecule is O=C(OCc1ccccc1)N1C2CCC1CC(O)(CCNC1CCCCC1)C2. The standard InChI is InChI=1S/C23H34N2O3/c26-22(28-17-18-7-3-1-4-8-18)25-20-11-12-21(25)16-23(27,15-20)13-14-24-19-9-5-2-6-10-19/h1,3-4,7-8,19-21,24,27H,2,5-6,9-17H2. The number of nitrogens with zero attached hydrogens (tertiary/aromatic N) is 1. The molecule has 1 saturated carbocycles. The summed E-state index contributed by atoms with van der Waals surface area (Å²) in [7, 11) is 0. The van der Waals surface area contributed by atoms with Gasteiger partial charge in [0.2, 0.25) is 0 Å². The molecule has 28 heavy (non-hydrogen) atoms. The molecule has 0 spiro atoms. The van der Waals surface area contributed by atoms with Crippen molar-refractivity contribution in [1.29, 1.82) is 0 Å². The molecule has 2 bridgehead atoms. The van der Waals surface area contributed by atoms with E-state index in [9.17, 15) is 9.90 Å². The predicted octanol–water partition coefficient (Wildman–Crippen LogP) is 3.99. The smallest absolute Gasteiger partial charge is 0.410 e. The Hall–Kier alpha value is -1.59. The summed E-state index contributed by atoms with van der Waals surface area (Å²) < 4.78 is 5.57. The van der Waals surface area contributed by atoms with Gasteiger partial charge in [0.25, 0.3) is 0 Å². The Bertz CT molecular complexity index is 631. The van der Waals surface area contributed by atoms with E-state index < -0.39 is 5.60 Å². The van der Waals surface area contributed by atoms with Gasteiger partial charge in [-0.1, -0.05) is 49.6 Å². The van der Waals surface area contributed by atoms with Crippen LogP contribution in [0.25, 0.3) is 0 Å².